The van der Waals surface area contributed by atoms with Gasteiger partial charge >= 0.3 is 0 Å². The van der Waals surface area contributed by atoms with Crippen LogP contribution in [0.25, 0.3) is 11.1 Å². The average molecular weight is 323 g/mol. The van der Waals surface area contributed by atoms with Crippen LogP contribution in [0.1, 0.15) is 39.0 Å². The number of rotatable bonds is 4. The first-order valence-corrected chi connectivity index (χ1v) is 9.48. The summed E-state index contributed by atoms with van der Waals surface area (Å²) in [6.45, 7) is 10.7. The molecule has 0 fully saturated rings. The lowest BCUT2D eigenvalue weighted by Gasteiger charge is -2.27. The van der Waals surface area contributed by atoms with Crippen molar-refractivity contribution in [1.29, 1.82) is 5.26 Å². The van der Waals surface area contributed by atoms with Gasteiger partial charge in [0.1, 0.15) is 11.8 Å². The second-order valence-corrected chi connectivity index (χ2v) is 9.84. The van der Waals surface area contributed by atoms with Crippen LogP contribution in [0.3, 0.4) is 0 Å². The monoisotopic (exact) mass is 323 g/mol. The molecule has 0 amide bonds. The van der Waals surface area contributed by atoms with Gasteiger partial charge in [0.2, 0.25) is 0 Å². The molecule has 0 unspecified atom stereocenters. The van der Waals surface area contributed by atoms with Crippen molar-refractivity contribution in [2.75, 3.05) is 0 Å². The van der Waals surface area contributed by atoms with Crippen LogP contribution in [0, 0.1) is 18.3 Å². The van der Waals surface area contributed by atoms with Gasteiger partial charge in [-0.15, -0.1) is 0 Å². The van der Waals surface area contributed by atoms with Gasteiger partial charge in [0.25, 0.3) is 9.04 Å². The maximum absolute atomic E-state index is 9.34. The van der Waals surface area contributed by atoms with Crippen LogP contribution in [-0.4, -0.2) is 14.0 Å². The van der Waals surface area contributed by atoms with Gasteiger partial charge in [-0.1, -0.05) is 39.8 Å². The van der Waals surface area contributed by atoms with Gasteiger partial charge in [-0.2, -0.15) is 5.26 Å². The Morgan fingerprint density at radius 3 is 2.35 bits per heavy atom. The first-order chi connectivity index (χ1) is 10.9. The molecule has 1 aromatic carbocycles. The quantitative estimate of drug-likeness (QED) is 0.734. The van der Waals surface area contributed by atoms with E-state index >= 15 is 0 Å². The topological polar surface area (TPSA) is 45.9 Å². The van der Waals surface area contributed by atoms with Crippen LogP contribution in [0.4, 0.5) is 0 Å². The summed E-state index contributed by atoms with van der Waals surface area (Å²) < 4.78 is 6.22. The number of nitriles is 1. The highest BCUT2D eigenvalue weighted by atomic mass is 28.3. The summed E-state index contributed by atoms with van der Waals surface area (Å²) in [6, 6.07) is 13.2. The van der Waals surface area contributed by atoms with Crippen LogP contribution in [0.2, 0.25) is 11.1 Å². The molecule has 2 rings (SSSR count). The molecule has 0 bridgehead atoms. The number of aromatic nitrogens is 1. The number of hydrogen-bond donors (Lipinski definition) is 0. The molecule has 0 saturated carbocycles. The van der Waals surface area contributed by atoms with Crippen molar-refractivity contribution in [3.8, 4) is 22.9 Å². The van der Waals surface area contributed by atoms with Gasteiger partial charge in [0.15, 0.2) is 0 Å². The molecule has 119 valence electrons. The fourth-order valence-electron chi connectivity index (χ4n) is 2.55. The van der Waals surface area contributed by atoms with Gasteiger partial charge < -0.3 is 4.43 Å². The average Bonchev–Trinajstić information content (AvgIpc) is 2.51. The Kier molecular flexibility index (Phi) is 5.22. The summed E-state index contributed by atoms with van der Waals surface area (Å²) in [5, 5.41) is 9.55. The van der Waals surface area contributed by atoms with Gasteiger partial charge in [0, 0.05) is 11.8 Å². The molecule has 0 spiro atoms. The first-order valence-electron chi connectivity index (χ1n) is 7.87. The third kappa shape index (κ3) is 3.99. The van der Waals surface area contributed by atoms with Crippen molar-refractivity contribution in [2.45, 2.75) is 45.7 Å². The fraction of sp³-hybridized carbons (Fsp3) is 0.368. The van der Waals surface area contributed by atoms with E-state index in [1.165, 1.54) is 0 Å². The summed E-state index contributed by atoms with van der Waals surface area (Å²) >= 11 is 0. The number of benzene rings is 1. The Morgan fingerprint density at radius 2 is 1.83 bits per heavy atom. The Balaban J connectivity index is 2.27. The highest BCUT2D eigenvalue weighted by Crippen LogP contribution is 2.32. The smallest absolute Gasteiger partial charge is 0.286 e. The van der Waals surface area contributed by atoms with Crippen LogP contribution >= 0.6 is 0 Å². The number of pyridine rings is 1. The van der Waals surface area contributed by atoms with Crippen LogP contribution in [0.15, 0.2) is 36.5 Å². The van der Waals surface area contributed by atoms with E-state index in [9.17, 15) is 5.26 Å². The largest absolute Gasteiger partial charge is 0.541 e. The van der Waals surface area contributed by atoms with Crippen LogP contribution < -0.4 is 4.43 Å². The third-order valence-electron chi connectivity index (χ3n) is 3.82. The van der Waals surface area contributed by atoms with E-state index in [4.69, 9.17) is 4.43 Å². The highest BCUT2D eigenvalue weighted by Gasteiger charge is 2.29. The second-order valence-electron chi connectivity index (χ2n) is 6.58. The summed E-state index contributed by atoms with van der Waals surface area (Å²) in [5.74, 6) is 0.906. The van der Waals surface area contributed by atoms with E-state index in [1.54, 1.807) is 6.20 Å². The zero-order chi connectivity index (χ0) is 17.0. The summed E-state index contributed by atoms with van der Waals surface area (Å²) in [7, 11) is -0.910. The molecule has 0 aliphatic carbocycles. The molecule has 1 radical (unpaired) electrons. The number of hydrogen-bond acceptors (Lipinski definition) is 3. The lowest BCUT2D eigenvalue weighted by Crippen LogP contribution is -2.31. The standard InChI is InChI=1S/C19H23N2OSi/c1-6-23(19(3,4)5)22-16-9-7-15(8-10-16)17-11-12-21-14(2)18(17)13-20/h7-12H,6H2,1-5H3. The molecule has 23 heavy (non-hydrogen) atoms. The minimum absolute atomic E-state index is 0.203. The van der Waals surface area contributed by atoms with Crippen molar-refractivity contribution in [3.63, 3.8) is 0 Å². The molecule has 0 aliphatic heterocycles. The molecule has 0 saturated heterocycles. The summed E-state index contributed by atoms with van der Waals surface area (Å²) in [6.07, 6.45) is 1.74. The van der Waals surface area contributed by atoms with Crippen molar-refractivity contribution >= 4 is 9.04 Å². The molecule has 0 aliphatic rings. The SMILES string of the molecule is CC[Si](Oc1ccc(-c2ccnc(C)c2C#N)cc1)C(C)(C)C. The summed E-state index contributed by atoms with van der Waals surface area (Å²) in [5.41, 5.74) is 3.33. The molecular formula is C19H23N2OSi. The minimum Gasteiger partial charge on any atom is -0.541 e. The van der Waals surface area contributed by atoms with Crippen molar-refractivity contribution in [3.05, 3.63) is 47.8 Å². The highest BCUT2D eigenvalue weighted by molar-refractivity contribution is 6.56. The van der Waals surface area contributed by atoms with E-state index in [-0.39, 0.29) is 5.04 Å². The molecule has 1 aromatic heterocycles. The predicted molar refractivity (Wildman–Crippen MR) is 95.7 cm³/mol. The normalized spacial score (nSPS) is 11.3. The molecule has 2 aromatic rings. The Hall–Kier alpha value is -2.12. The van der Waals surface area contributed by atoms with Crippen LogP contribution in [-0.2, 0) is 0 Å². The fourth-order valence-corrected chi connectivity index (χ4v) is 4.48. The van der Waals surface area contributed by atoms with Gasteiger partial charge in [0.05, 0.1) is 11.3 Å². The van der Waals surface area contributed by atoms with E-state index < -0.39 is 9.04 Å². The van der Waals surface area contributed by atoms with E-state index in [2.05, 4.69) is 38.7 Å². The van der Waals surface area contributed by atoms with Gasteiger partial charge in [-0.3, -0.25) is 4.98 Å². The van der Waals surface area contributed by atoms with Gasteiger partial charge in [-0.05, 0) is 41.8 Å². The predicted octanol–water partition coefficient (Wildman–Crippen LogP) is 5.12. The second kappa shape index (κ2) is 6.97. The third-order valence-corrected chi connectivity index (χ3v) is 6.61. The van der Waals surface area contributed by atoms with E-state index in [0.717, 1.165) is 28.6 Å². The van der Waals surface area contributed by atoms with E-state index in [1.807, 2.05) is 37.3 Å². The maximum atomic E-state index is 9.34. The lowest BCUT2D eigenvalue weighted by atomic mass is 10.0. The minimum atomic E-state index is -0.910. The van der Waals surface area contributed by atoms with E-state index in [0.29, 0.717) is 5.56 Å². The van der Waals surface area contributed by atoms with Crippen LogP contribution in [0.5, 0.6) is 5.75 Å². The molecular weight excluding hydrogens is 300 g/mol. The molecule has 3 nitrogen and oxygen atoms in total. The summed E-state index contributed by atoms with van der Waals surface area (Å²) in [4.78, 5) is 4.19. The van der Waals surface area contributed by atoms with Gasteiger partial charge in [-0.25, -0.2) is 0 Å². The zero-order valence-electron chi connectivity index (χ0n) is 14.5. The molecule has 4 heteroatoms. The Labute approximate surface area is 140 Å². The number of nitrogens with zero attached hydrogens (tertiary/aromatic N) is 2. The van der Waals surface area contributed by atoms with Crippen molar-refractivity contribution in [1.82, 2.24) is 4.98 Å². The Morgan fingerprint density at radius 1 is 1.17 bits per heavy atom. The van der Waals surface area contributed by atoms with Crippen molar-refractivity contribution in [2.24, 2.45) is 0 Å². The lowest BCUT2D eigenvalue weighted by molar-refractivity contribution is 0.512. The number of aryl methyl sites for hydroxylation is 1. The molecule has 0 atom stereocenters. The first kappa shape index (κ1) is 17.2. The molecule has 1 heterocycles. The van der Waals surface area contributed by atoms with Crippen molar-refractivity contribution < 1.29 is 4.43 Å². The molecule has 0 N–H and O–H groups in total. The maximum Gasteiger partial charge on any atom is 0.286 e. The zero-order valence-corrected chi connectivity index (χ0v) is 15.5. The Bertz CT molecular complexity index is 712.